The highest BCUT2D eigenvalue weighted by atomic mass is 16.9. The van der Waals surface area contributed by atoms with Gasteiger partial charge < -0.3 is 9.68 Å². The SMILES string of the molecule is O=C1ONN(c2ccc([N+](=O)[O-])cc2)OC1=O. The van der Waals surface area contributed by atoms with Crippen molar-refractivity contribution in [1.29, 1.82) is 0 Å². The number of benzene rings is 1. The Morgan fingerprint density at radius 1 is 1.18 bits per heavy atom. The number of carbonyl (C=O) groups is 2. The lowest BCUT2D eigenvalue weighted by atomic mass is 10.3. The zero-order valence-electron chi connectivity index (χ0n) is 8.15. The van der Waals surface area contributed by atoms with Gasteiger partial charge in [0, 0.05) is 12.1 Å². The van der Waals surface area contributed by atoms with E-state index in [2.05, 4.69) is 9.68 Å². The number of nitro groups is 1. The molecule has 0 amide bonds. The van der Waals surface area contributed by atoms with Crippen molar-refractivity contribution in [3.8, 4) is 0 Å². The molecule has 0 aliphatic carbocycles. The molecule has 1 aliphatic heterocycles. The van der Waals surface area contributed by atoms with Crippen molar-refractivity contribution < 1.29 is 24.2 Å². The molecule has 9 heteroatoms. The molecule has 2 rings (SSSR count). The summed E-state index contributed by atoms with van der Waals surface area (Å²) in [7, 11) is 0. The third-order valence-electron chi connectivity index (χ3n) is 1.86. The highest BCUT2D eigenvalue weighted by Crippen LogP contribution is 2.19. The molecule has 0 aromatic heterocycles. The summed E-state index contributed by atoms with van der Waals surface area (Å²) >= 11 is 0. The first kappa shape index (κ1) is 10.8. The Morgan fingerprint density at radius 3 is 2.35 bits per heavy atom. The van der Waals surface area contributed by atoms with Gasteiger partial charge in [-0.15, -0.1) is 5.17 Å². The largest absolute Gasteiger partial charge is 0.444 e. The van der Waals surface area contributed by atoms with Crippen LogP contribution in [0.25, 0.3) is 0 Å². The molecule has 1 saturated heterocycles. The van der Waals surface area contributed by atoms with E-state index in [1.807, 2.05) is 5.59 Å². The summed E-state index contributed by atoms with van der Waals surface area (Å²) in [5.41, 5.74) is 2.18. The van der Waals surface area contributed by atoms with E-state index in [4.69, 9.17) is 0 Å². The van der Waals surface area contributed by atoms with E-state index in [0.29, 0.717) is 0 Å². The van der Waals surface area contributed by atoms with Gasteiger partial charge in [0.15, 0.2) is 0 Å². The topological polar surface area (TPSA) is 111 Å². The predicted molar refractivity (Wildman–Crippen MR) is 50.9 cm³/mol. The number of hydrogen-bond donors (Lipinski definition) is 1. The third-order valence-corrected chi connectivity index (χ3v) is 1.86. The minimum Gasteiger partial charge on any atom is -0.338 e. The number of hydrazine groups is 1. The molecule has 1 N–H and O–H groups in total. The second kappa shape index (κ2) is 4.06. The van der Waals surface area contributed by atoms with Crippen LogP contribution in [0.1, 0.15) is 0 Å². The molecular formula is C8H5N3O6. The van der Waals surface area contributed by atoms with E-state index in [1.165, 1.54) is 24.3 Å². The van der Waals surface area contributed by atoms with Crippen molar-refractivity contribution >= 4 is 23.3 Å². The quantitative estimate of drug-likeness (QED) is 0.430. The number of nitrogens with one attached hydrogen (secondary N) is 1. The maximum atomic E-state index is 10.9. The summed E-state index contributed by atoms with van der Waals surface area (Å²) in [5, 5.41) is 11.2. The summed E-state index contributed by atoms with van der Waals surface area (Å²) in [6.07, 6.45) is 0. The van der Waals surface area contributed by atoms with Crippen LogP contribution in [0.3, 0.4) is 0 Å². The van der Waals surface area contributed by atoms with Crippen molar-refractivity contribution in [2.24, 2.45) is 0 Å². The van der Waals surface area contributed by atoms with Crippen molar-refractivity contribution in [2.75, 3.05) is 5.17 Å². The number of nitro benzene ring substituents is 1. The average molecular weight is 239 g/mol. The summed E-state index contributed by atoms with van der Waals surface area (Å²) in [4.78, 5) is 40.1. The van der Waals surface area contributed by atoms with Gasteiger partial charge in [-0.05, 0) is 17.7 Å². The maximum Gasteiger partial charge on any atom is 0.444 e. The molecule has 88 valence electrons. The summed E-state index contributed by atoms with van der Waals surface area (Å²) < 4.78 is 0. The zero-order chi connectivity index (χ0) is 12.4. The van der Waals surface area contributed by atoms with Crippen LogP contribution in [0, 0.1) is 10.1 Å². The van der Waals surface area contributed by atoms with Crippen molar-refractivity contribution in [3.63, 3.8) is 0 Å². The van der Waals surface area contributed by atoms with Gasteiger partial charge in [0.1, 0.15) is 0 Å². The van der Waals surface area contributed by atoms with Crippen LogP contribution in [0.2, 0.25) is 0 Å². The average Bonchev–Trinajstić information content (AvgIpc) is 2.33. The van der Waals surface area contributed by atoms with Crippen molar-refractivity contribution in [2.45, 2.75) is 0 Å². The molecule has 9 nitrogen and oxygen atoms in total. The number of carbonyl (C=O) groups excluding carboxylic acids is 2. The molecule has 0 bridgehead atoms. The first-order valence-electron chi connectivity index (χ1n) is 4.31. The monoisotopic (exact) mass is 239 g/mol. The molecule has 0 radical (unpaired) electrons. The standard InChI is InChI=1S/C8H5N3O6/c12-7-8(13)17-10(9-16-7)5-1-3-6(4-2-5)11(14)15/h1-4,9H. The van der Waals surface area contributed by atoms with Gasteiger partial charge in [-0.3, -0.25) is 10.1 Å². The van der Waals surface area contributed by atoms with E-state index < -0.39 is 16.9 Å². The normalized spacial score (nSPS) is 15.2. The molecule has 1 heterocycles. The molecule has 17 heavy (non-hydrogen) atoms. The van der Waals surface area contributed by atoms with Gasteiger partial charge >= 0.3 is 11.9 Å². The van der Waals surface area contributed by atoms with E-state index in [-0.39, 0.29) is 11.4 Å². The van der Waals surface area contributed by atoms with Crippen LogP contribution >= 0.6 is 0 Å². The molecule has 1 aromatic rings. The number of nitrogens with zero attached hydrogens (tertiary/aromatic N) is 2. The van der Waals surface area contributed by atoms with E-state index in [1.54, 1.807) is 0 Å². The van der Waals surface area contributed by atoms with Gasteiger partial charge in [-0.2, -0.15) is 0 Å². The molecule has 0 unspecified atom stereocenters. The van der Waals surface area contributed by atoms with Crippen LogP contribution in [-0.2, 0) is 19.3 Å². The van der Waals surface area contributed by atoms with Crippen LogP contribution in [0.15, 0.2) is 24.3 Å². The van der Waals surface area contributed by atoms with Gasteiger partial charge in [-0.1, -0.05) is 0 Å². The van der Waals surface area contributed by atoms with Crippen LogP contribution < -0.4 is 10.8 Å². The number of rotatable bonds is 2. The van der Waals surface area contributed by atoms with E-state index in [9.17, 15) is 19.7 Å². The van der Waals surface area contributed by atoms with Gasteiger partial charge in [-0.25, -0.2) is 9.59 Å². The van der Waals surface area contributed by atoms with Gasteiger partial charge in [0.05, 0.1) is 10.6 Å². The summed E-state index contributed by atoms with van der Waals surface area (Å²) in [5.74, 6) is -2.37. The molecule has 1 aliphatic rings. The second-order valence-corrected chi connectivity index (χ2v) is 2.93. The Hall–Kier alpha value is -2.68. The molecule has 0 atom stereocenters. The van der Waals surface area contributed by atoms with Crippen molar-refractivity contribution in [1.82, 2.24) is 5.59 Å². The van der Waals surface area contributed by atoms with Gasteiger partial charge in [0.2, 0.25) is 0 Å². The molecule has 1 aromatic carbocycles. The molecule has 0 saturated carbocycles. The Labute approximate surface area is 93.5 Å². The van der Waals surface area contributed by atoms with E-state index in [0.717, 1.165) is 5.17 Å². The second-order valence-electron chi connectivity index (χ2n) is 2.93. The lowest BCUT2D eigenvalue weighted by Crippen LogP contribution is -2.49. The highest BCUT2D eigenvalue weighted by molar-refractivity contribution is 6.30. The lowest BCUT2D eigenvalue weighted by Gasteiger charge is -2.24. The maximum absolute atomic E-state index is 10.9. The highest BCUT2D eigenvalue weighted by Gasteiger charge is 2.29. The Bertz CT molecular complexity index is 485. The Kier molecular flexibility index (Phi) is 2.58. The minimum atomic E-state index is -1.19. The number of hydrogen-bond acceptors (Lipinski definition) is 8. The molecule has 0 spiro atoms. The molecular weight excluding hydrogens is 234 g/mol. The van der Waals surface area contributed by atoms with Crippen LogP contribution in [0.5, 0.6) is 0 Å². The number of non-ortho nitro benzene ring substituents is 1. The van der Waals surface area contributed by atoms with Crippen LogP contribution in [-0.4, -0.2) is 16.9 Å². The minimum absolute atomic E-state index is 0.117. The Morgan fingerprint density at radius 2 is 1.82 bits per heavy atom. The predicted octanol–water partition coefficient (Wildman–Crippen LogP) is -0.164. The lowest BCUT2D eigenvalue weighted by molar-refractivity contribution is -0.384. The zero-order valence-corrected chi connectivity index (χ0v) is 8.15. The van der Waals surface area contributed by atoms with Crippen LogP contribution in [0.4, 0.5) is 11.4 Å². The third kappa shape index (κ3) is 2.13. The number of anilines is 1. The fourth-order valence-corrected chi connectivity index (χ4v) is 1.08. The first-order valence-corrected chi connectivity index (χ1v) is 4.31. The van der Waals surface area contributed by atoms with E-state index >= 15 is 0 Å². The van der Waals surface area contributed by atoms with Gasteiger partial charge in [0.25, 0.3) is 5.69 Å². The smallest absolute Gasteiger partial charge is 0.338 e. The Balaban J connectivity index is 2.15. The summed E-state index contributed by atoms with van der Waals surface area (Å²) in [6, 6.07) is 5.05. The fourth-order valence-electron chi connectivity index (χ4n) is 1.08. The van der Waals surface area contributed by atoms with Crippen molar-refractivity contribution in [3.05, 3.63) is 34.4 Å². The first-order chi connectivity index (χ1) is 8.08. The fraction of sp³-hybridized carbons (Fsp3) is 0. The summed E-state index contributed by atoms with van der Waals surface area (Å²) in [6.45, 7) is 0. The molecule has 1 fully saturated rings.